The molecule has 0 fully saturated rings. The molecular weight excluding hydrogens is 310 g/mol. The van der Waals surface area contributed by atoms with E-state index in [1.54, 1.807) is 18.3 Å². The van der Waals surface area contributed by atoms with Crippen molar-refractivity contribution in [2.45, 2.75) is 38.5 Å². The molecule has 0 unspecified atom stereocenters. The molecule has 0 saturated heterocycles. The summed E-state index contributed by atoms with van der Waals surface area (Å²) in [4.78, 5) is 26.7. The minimum atomic E-state index is -0.169. The molecule has 104 valence electrons. The van der Waals surface area contributed by atoms with E-state index in [9.17, 15) is 9.59 Å². The van der Waals surface area contributed by atoms with E-state index < -0.39 is 0 Å². The van der Waals surface area contributed by atoms with E-state index in [-0.39, 0.29) is 11.8 Å². The molecule has 1 aromatic rings. The van der Waals surface area contributed by atoms with Gasteiger partial charge < -0.3 is 4.74 Å². The smallest absolute Gasteiger partial charge is 0.305 e. The average Bonchev–Trinajstić information content (AvgIpc) is 2.42. The number of ether oxygens (including phenoxy) is 1. The molecule has 0 aliphatic heterocycles. The first-order chi connectivity index (χ1) is 9.13. The molecule has 1 aromatic heterocycles. The number of carbonyl (C=O) groups excluding carboxylic acids is 2. The number of hydrogen-bond acceptors (Lipinski definition) is 4. The van der Waals surface area contributed by atoms with E-state index in [1.165, 1.54) is 7.11 Å². The van der Waals surface area contributed by atoms with Gasteiger partial charge in [-0.25, -0.2) is 4.98 Å². The second-order valence-corrected chi connectivity index (χ2v) is 5.10. The van der Waals surface area contributed by atoms with Gasteiger partial charge in [-0.2, -0.15) is 0 Å². The number of rotatable bonds is 8. The van der Waals surface area contributed by atoms with Crippen LogP contribution in [-0.2, 0) is 9.53 Å². The molecule has 0 aromatic carbocycles. The second kappa shape index (κ2) is 8.80. The molecule has 0 aliphatic rings. The molecule has 0 radical (unpaired) electrons. The molecule has 4 nitrogen and oxygen atoms in total. The van der Waals surface area contributed by atoms with Crippen molar-refractivity contribution in [3.63, 3.8) is 0 Å². The number of carbonyl (C=O) groups is 2. The number of aromatic nitrogens is 1. The fourth-order valence-corrected chi connectivity index (χ4v) is 1.93. The van der Waals surface area contributed by atoms with Crippen LogP contribution in [-0.4, -0.2) is 23.8 Å². The third-order valence-electron chi connectivity index (χ3n) is 2.81. The summed E-state index contributed by atoms with van der Waals surface area (Å²) in [6.45, 7) is 0. The van der Waals surface area contributed by atoms with Gasteiger partial charge in [0.1, 0.15) is 4.60 Å². The summed E-state index contributed by atoms with van der Waals surface area (Å²) in [6.07, 6.45) is 6.14. The van der Waals surface area contributed by atoms with E-state index in [0.717, 1.165) is 30.3 Å². The summed E-state index contributed by atoms with van der Waals surface area (Å²) in [7, 11) is 1.40. The SMILES string of the molecule is COC(=O)CCCCCCC(=O)c1ccc(Br)nc1. The predicted octanol–water partition coefficient (Wildman–Crippen LogP) is 3.54. The molecule has 1 heterocycles. The maximum Gasteiger partial charge on any atom is 0.305 e. The standard InChI is InChI=1S/C14H18BrNO3/c1-19-14(18)7-5-3-2-4-6-12(17)11-8-9-13(15)16-10-11/h8-10H,2-7H2,1H3. The van der Waals surface area contributed by atoms with Gasteiger partial charge in [-0.15, -0.1) is 0 Å². The number of hydrogen-bond donors (Lipinski definition) is 0. The van der Waals surface area contributed by atoms with Gasteiger partial charge in [-0.05, 0) is 40.9 Å². The van der Waals surface area contributed by atoms with Crippen molar-refractivity contribution in [2.24, 2.45) is 0 Å². The Kier molecular flexibility index (Phi) is 7.33. The van der Waals surface area contributed by atoms with Gasteiger partial charge in [0.2, 0.25) is 0 Å². The zero-order chi connectivity index (χ0) is 14.1. The van der Waals surface area contributed by atoms with Crippen LogP contribution in [0.5, 0.6) is 0 Å². The number of esters is 1. The van der Waals surface area contributed by atoms with E-state index in [2.05, 4.69) is 25.7 Å². The number of methoxy groups -OCH3 is 1. The van der Waals surface area contributed by atoms with Crippen LogP contribution < -0.4 is 0 Å². The van der Waals surface area contributed by atoms with E-state index >= 15 is 0 Å². The Labute approximate surface area is 121 Å². The van der Waals surface area contributed by atoms with Crippen molar-refractivity contribution in [2.75, 3.05) is 7.11 Å². The van der Waals surface area contributed by atoms with Gasteiger partial charge in [0.25, 0.3) is 0 Å². The van der Waals surface area contributed by atoms with Crippen LogP contribution in [0.25, 0.3) is 0 Å². The molecule has 0 bridgehead atoms. The van der Waals surface area contributed by atoms with E-state index in [1.807, 2.05) is 0 Å². The van der Waals surface area contributed by atoms with Crippen molar-refractivity contribution in [3.05, 3.63) is 28.5 Å². The maximum absolute atomic E-state index is 11.8. The lowest BCUT2D eigenvalue weighted by molar-refractivity contribution is -0.140. The van der Waals surface area contributed by atoms with Gasteiger partial charge in [-0.1, -0.05) is 12.8 Å². The first-order valence-corrected chi connectivity index (χ1v) is 7.14. The lowest BCUT2D eigenvalue weighted by Gasteiger charge is -2.02. The molecular formula is C14H18BrNO3. The lowest BCUT2D eigenvalue weighted by Crippen LogP contribution is -2.01. The quantitative estimate of drug-likeness (QED) is 0.317. The first-order valence-electron chi connectivity index (χ1n) is 6.35. The summed E-state index contributed by atoms with van der Waals surface area (Å²) in [5.74, 6) is -0.0509. The number of Topliss-reactive ketones (excluding diaryl/α,β-unsaturated/α-hetero) is 1. The molecule has 5 heteroatoms. The largest absolute Gasteiger partial charge is 0.469 e. The third kappa shape index (κ3) is 6.47. The van der Waals surface area contributed by atoms with Gasteiger partial charge in [-0.3, -0.25) is 9.59 Å². The molecule has 0 atom stereocenters. The molecule has 0 N–H and O–H groups in total. The van der Waals surface area contributed by atoms with Crippen LogP contribution in [0.1, 0.15) is 48.9 Å². The minimum Gasteiger partial charge on any atom is -0.469 e. The Morgan fingerprint density at radius 3 is 2.42 bits per heavy atom. The van der Waals surface area contributed by atoms with Gasteiger partial charge >= 0.3 is 5.97 Å². The van der Waals surface area contributed by atoms with Crippen LogP contribution in [0, 0.1) is 0 Å². The Hall–Kier alpha value is -1.23. The lowest BCUT2D eigenvalue weighted by atomic mass is 10.1. The Balaban J connectivity index is 2.14. The highest BCUT2D eigenvalue weighted by atomic mass is 79.9. The molecule has 0 aliphatic carbocycles. The topological polar surface area (TPSA) is 56.3 Å². The zero-order valence-electron chi connectivity index (χ0n) is 11.0. The van der Waals surface area contributed by atoms with Gasteiger partial charge in [0.05, 0.1) is 7.11 Å². The molecule has 1 rings (SSSR count). The van der Waals surface area contributed by atoms with Crippen molar-refractivity contribution in [3.8, 4) is 0 Å². The first kappa shape index (κ1) is 15.8. The maximum atomic E-state index is 11.8. The number of halogens is 1. The summed E-state index contributed by atoms with van der Waals surface area (Å²) in [5.41, 5.74) is 0.651. The van der Waals surface area contributed by atoms with Crippen LogP contribution in [0.3, 0.4) is 0 Å². The summed E-state index contributed by atoms with van der Waals surface area (Å²) in [5, 5.41) is 0. The highest BCUT2D eigenvalue weighted by Crippen LogP contribution is 2.12. The van der Waals surface area contributed by atoms with Crippen molar-refractivity contribution in [1.29, 1.82) is 0 Å². The summed E-state index contributed by atoms with van der Waals surface area (Å²) < 4.78 is 5.29. The normalized spacial score (nSPS) is 10.2. The van der Waals surface area contributed by atoms with E-state index in [4.69, 9.17) is 0 Å². The highest BCUT2D eigenvalue weighted by molar-refractivity contribution is 9.10. The van der Waals surface area contributed by atoms with Crippen LogP contribution in [0.2, 0.25) is 0 Å². The molecule has 19 heavy (non-hydrogen) atoms. The minimum absolute atomic E-state index is 0.118. The fourth-order valence-electron chi connectivity index (χ4n) is 1.70. The third-order valence-corrected chi connectivity index (χ3v) is 3.28. The van der Waals surface area contributed by atoms with Crippen LogP contribution in [0.15, 0.2) is 22.9 Å². The Morgan fingerprint density at radius 1 is 1.16 bits per heavy atom. The second-order valence-electron chi connectivity index (χ2n) is 4.28. The van der Waals surface area contributed by atoms with Crippen LogP contribution in [0.4, 0.5) is 0 Å². The zero-order valence-corrected chi connectivity index (χ0v) is 12.6. The van der Waals surface area contributed by atoms with Gasteiger partial charge in [0, 0.05) is 24.6 Å². The molecule has 0 spiro atoms. The predicted molar refractivity (Wildman–Crippen MR) is 76.0 cm³/mol. The Bertz CT molecular complexity index is 417. The summed E-state index contributed by atoms with van der Waals surface area (Å²) >= 11 is 3.23. The van der Waals surface area contributed by atoms with Crippen molar-refractivity contribution in [1.82, 2.24) is 4.98 Å². The summed E-state index contributed by atoms with van der Waals surface area (Å²) in [6, 6.07) is 3.54. The highest BCUT2D eigenvalue weighted by Gasteiger charge is 2.06. The Morgan fingerprint density at radius 2 is 1.84 bits per heavy atom. The van der Waals surface area contributed by atoms with Crippen molar-refractivity contribution < 1.29 is 14.3 Å². The molecule has 0 amide bonds. The monoisotopic (exact) mass is 327 g/mol. The number of ketones is 1. The van der Waals surface area contributed by atoms with Crippen LogP contribution >= 0.6 is 15.9 Å². The number of unbranched alkanes of at least 4 members (excludes halogenated alkanes) is 3. The molecule has 0 saturated carbocycles. The number of nitrogens with zero attached hydrogens (tertiary/aromatic N) is 1. The van der Waals surface area contributed by atoms with Gasteiger partial charge in [0.15, 0.2) is 5.78 Å². The van der Waals surface area contributed by atoms with Crippen molar-refractivity contribution >= 4 is 27.7 Å². The van der Waals surface area contributed by atoms with E-state index in [0.29, 0.717) is 18.4 Å². The number of pyridine rings is 1. The fraction of sp³-hybridized carbons (Fsp3) is 0.500. The average molecular weight is 328 g/mol.